The molecule has 5 nitrogen and oxygen atoms in total. The third-order valence-electron chi connectivity index (χ3n) is 2.56. The maximum Gasteiger partial charge on any atom is 0.235 e. The highest BCUT2D eigenvalue weighted by atomic mass is 16.6. The number of hydrogen-bond acceptors (Lipinski definition) is 4. The minimum absolute atomic E-state index is 0.501. The molecule has 1 heterocycles. The zero-order valence-corrected chi connectivity index (χ0v) is 10.3. The van der Waals surface area contributed by atoms with Gasteiger partial charge >= 0.3 is 0 Å². The van der Waals surface area contributed by atoms with E-state index in [0.717, 1.165) is 17.5 Å². The Kier molecular flexibility index (Phi) is 3.87. The molecule has 2 aromatic rings. The standard InChI is InChI=1S/C14H12N2O3/c1-19-14-10-11(7-9-16(17)18)5-6-12(14)13-4-2-3-8-15-13/h2-10H,1H3. The lowest BCUT2D eigenvalue weighted by atomic mass is 10.1. The summed E-state index contributed by atoms with van der Waals surface area (Å²) in [5.41, 5.74) is 2.35. The van der Waals surface area contributed by atoms with Crippen LogP contribution in [0.15, 0.2) is 48.8 Å². The van der Waals surface area contributed by atoms with Crippen molar-refractivity contribution in [1.29, 1.82) is 0 Å². The van der Waals surface area contributed by atoms with Crippen LogP contribution in [0.5, 0.6) is 5.75 Å². The molecule has 96 valence electrons. The molecule has 0 spiro atoms. The van der Waals surface area contributed by atoms with Crippen LogP contribution in [0.4, 0.5) is 0 Å². The van der Waals surface area contributed by atoms with Crippen molar-refractivity contribution in [2.75, 3.05) is 7.11 Å². The molecular formula is C14H12N2O3. The number of hydrogen-bond donors (Lipinski definition) is 0. The third kappa shape index (κ3) is 3.16. The molecule has 0 saturated heterocycles. The molecule has 0 N–H and O–H groups in total. The van der Waals surface area contributed by atoms with E-state index in [0.29, 0.717) is 11.3 Å². The maximum atomic E-state index is 10.3. The minimum atomic E-state index is -0.501. The van der Waals surface area contributed by atoms with Crippen molar-refractivity contribution >= 4 is 6.08 Å². The first kappa shape index (κ1) is 12.8. The van der Waals surface area contributed by atoms with Crippen molar-refractivity contribution in [2.24, 2.45) is 0 Å². The third-order valence-corrected chi connectivity index (χ3v) is 2.56. The number of methoxy groups -OCH3 is 1. The Morgan fingerprint density at radius 2 is 2.16 bits per heavy atom. The molecule has 0 bridgehead atoms. The highest BCUT2D eigenvalue weighted by molar-refractivity contribution is 5.70. The molecule has 1 aromatic carbocycles. The van der Waals surface area contributed by atoms with Gasteiger partial charge in [-0.15, -0.1) is 0 Å². The predicted molar refractivity (Wildman–Crippen MR) is 72.3 cm³/mol. The Hall–Kier alpha value is -2.69. The van der Waals surface area contributed by atoms with Gasteiger partial charge in [0.25, 0.3) is 0 Å². The van der Waals surface area contributed by atoms with E-state index in [1.165, 1.54) is 6.08 Å². The summed E-state index contributed by atoms with van der Waals surface area (Å²) in [6, 6.07) is 11.0. The lowest BCUT2D eigenvalue weighted by Gasteiger charge is -2.08. The summed E-state index contributed by atoms with van der Waals surface area (Å²) in [7, 11) is 1.56. The van der Waals surface area contributed by atoms with Gasteiger partial charge in [-0.3, -0.25) is 15.1 Å². The van der Waals surface area contributed by atoms with Gasteiger partial charge in [-0.2, -0.15) is 0 Å². The van der Waals surface area contributed by atoms with Gasteiger partial charge in [-0.05, 0) is 29.8 Å². The highest BCUT2D eigenvalue weighted by Gasteiger charge is 2.07. The van der Waals surface area contributed by atoms with Crippen molar-refractivity contribution in [3.63, 3.8) is 0 Å². The second kappa shape index (κ2) is 5.77. The van der Waals surface area contributed by atoms with Gasteiger partial charge < -0.3 is 4.74 Å². The Bertz CT molecular complexity index is 609. The van der Waals surface area contributed by atoms with Crippen LogP contribution < -0.4 is 4.74 Å². The molecule has 0 unspecified atom stereocenters. The van der Waals surface area contributed by atoms with Crippen molar-refractivity contribution in [3.8, 4) is 17.0 Å². The fraction of sp³-hybridized carbons (Fsp3) is 0.0714. The number of pyridine rings is 1. The van der Waals surface area contributed by atoms with Crippen LogP contribution in [-0.2, 0) is 0 Å². The topological polar surface area (TPSA) is 65.3 Å². The lowest BCUT2D eigenvalue weighted by molar-refractivity contribution is -0.400. The average molecular weight is 256 g/mol. The molecule has 5 heteroatoms. The first-order valence-corrected chi connectivity index (χ1v) is 5.62. The number of nitro groups is 1. The maximum absolute atomic E-state index is 10.3. The quantitative estimate of drug-likeness (QED) is 0.623. The summed E-state index contributed by atoms with van der Waals surface area (Å²) >= 11 is 0. The number of rotatable bonds is 4. The molecule has 0 aliphatic rings. The minimum Gasteiger partial charge on any atom is -0.496 e. The molecule has 1 aromatic heterocycles. The molecule has 0 amide bonds. The summed E-state index contributed by atoms with van der Waals surface area (Å²) in [5, 5.41) is 10.3. The number of benzene rings is 1. The van der Waals surface area contributed by atoms with Gasteiger partial charge in [0.05, 0.1) is 17.7 Å². The van der Waals surface area contributed by atoms with Crippen LogP contribution in [0.2, 0.25) is 0 Å². The van der Waals surface area contributed by atoms with Crippen LogP contribution in [-0.4, -0.2) is 17.0 Å². The fourth-order valence-electron chi connectivity index (χ4n) is 1.69. The van der Waals surface area contributed by atoms with Crippen LogP contribution in [0.1, 0.15) is 5.56 Å². The van der Waals surface area contributed by atoms with E-state index in [4.69, 9.17) is 4.74 Å². The summed E-state index contributed by atoms with van der Waals surface area (Å²) in [4.78, 5) is 14.0. The Morgan fingerprint density at radius 3 is 2.79 bits per heavy atom. The van der Waals surface area contributed by atoms with Gasteiger partial charge in [0.15, 0.2) is 0 Å². The van der Waals surface area contributed by atoms with Crippen molar-refractivity contribution in [1.82, 2.24) is 4.98 Å². The largest absolute Gasteiger partial charge is 0.496 e. The Balaban J connectivity index is 2.40. The van der Waals surface area contributed by atoms with Gasteiger partial charge in [-0.1, -0.05) is 12.1 Å². The monoisotopic (exact) mass is 256 g/mol. The van der Waals surface area contributed by atoms with Crippen LogP contribution in [0, 0.1) is 10.1 Å². The number of nitrogens with zero attached hydrogens (tertiary/aromatic N) is 2. The molecule has 0 atom stereocenters. The molecular weight excluding hydrogens is 244 g/mol. The molecule has 0 radical (unpaired) electrons. The summed E-state index contributed by atoms with van der Waals surface area (Å²) in [6.07, 6.45) is 4.02. The van der Waals surface area contributed by atoms with E-state index in [-0.39, 0.29) is 0 Å². The first-order chi connectivity index (χ1) is 9.20. The van der Waals surface area contributed by atoms with Crippen LogP contribution >= 0.6 is 0 Å². The lowest BCUT2D eigenvalue weighted by Crippen LogP contribution is -1.91. The average Bonchev–Trinajstić information content (AvgIpc) is 2.45. The molecule has 0 aliphatic heterocycles. The Labute approximate surface area is 110 Å². The zero-order valence-electron chi connectivity index (χ0n) is 10.3. The summed E-state index contributed by atoms with van der Waals surface area (Å²) < 4.78 is 5.30. The normalized spacial score (nSPS) is 10.6. The smallest absolute Gasteiger partial charge is 0.235 e. The Morgan fingerprint density at radius 1 is 1.32 bits per heavy atom. The van der Waals surface area contributed by atoms with E-state index in [2.05, 4.69) is 4.98 Å². The van der Waals surface area contributed by atoms with E-state index in [9.17, 15) is 10.1 Å². The van der Waals surface area contributed by atoms with E-state index in [1.54, 1.807) is 25.4 Å². The molecule has 0 fully saturated rings. The second-order valence-corrected chi connectivity index (χ2v) is 3.78. The SMILES string of the molecule is COc1cc(C=C[N+](=O)[O-])ccc1-c1ccccn1. The highest BCUT2D eigenvalue weighted by Crippen LogP contribution is 2.29. The molecule has 2 rings (SSSR count). The van der Waals surface area contributed by atoms with Crippen molar-refractivity contribution in [2.45, 2.75) is 0 Å². The number of ether oxygens (including phenoxy) is 1. The van der Waals surface area contributed by atoms with Crippen molar-refractivity contribution < 1.29 is 9.66 Å². The zero-order chi connectivity index (χ0) is 13.7. The van der Waals surface area contributed by atoms with E-state index < -0.39 is 4.92 Å². The van der Waals surface area contributed by atoms with Gasteiger partial charge in [0, 0.05) is 17.8 Å². The molecule has 19 heavy (non-hydrogen) atoms. The van der Waals surface area contributed by atoms with E-state index >= 15 is 0 Å². The van der Waals surface area contributed by atoms with Crippen LogP contribution in [0.3, 0.4) is 0 Å². The number of aromatic nitrogens is 1. The first-order valence-electron chi connectivity index (χ1n) is 5.62. The fourth-order valence-corrected chi connectivity index (χ4v) is 1.69. The second-order valence-electron chi connectivity index (χ2n) is 3.78. The summed E-state index contributed by atoms with van der Waals surface area (Å²) in [5.74, 6) is 0.629. The molecule has 0 aliphatic carbocycles. The van der Waals surface area contributed by atoms with Crippen LogP contribution in [0.25, 0.3) is 17.3 Å². The van der Waals surface area contributed by atoms with Gasteiger partial charge in [0.2, 0.25) is 6.20 Å². The van der Waals surface area contributed by atoms with Gasteiger partial charge in [-0.25, -0.2) is 0 Å². The van der Waals surface area contributed by atoms with Gasteiger partial charge in [0.1, 0.15) is 5.75 Å². The predicted octanol–water partition coefficient (Wildman–Crippen LogP) is 3.00. The van der Waals surface area contributed by atoms with Crippen molar-refractivity contribution in [3.05, 3.63) is 64.5 Å². The molecule has 0 saturated carbocycles. The summed E-state index contributed by atoms with van der Waals surface area (Å²) in [6.45, 7) is 0. The van der Waals surface area contributed by atoms with E-state index in [1.807, 2.05) is 24.3 Å².